The van der Waals surface area contributed by atoms with Crippen LogP contribution >= 0.6 is 8.25 Å². The van der Waals surface area contributed by atoms with Crippen LogP contribution < -0.4 is 5.73 Å². The van der Waals surface area contributed by atoms with Gasteiger partial charge in [-0.1, -0.05) is 6.58 Å². The molecule has 24 heavy (non-hydrogen) atoms. The average Bonchev–Trinajstić information content (AvgIpc) is 3.10. The summed E-state index contributed by atoms with van der Waals surface area (Å²) in [6.07, 6.45) is -0.819. The van der Waals surface area contributed by atoms with Gasteiger partial charge in [-0.2, -0.15) is 0 Å². The van der Waals surface area contributed by atoms with Crippen molar-refractivity contribution in [2.45, 2.75) is 24.5 Å². The largest absolute Gasteiger partial charge is 0.749 e. The second kappa shape index (κ2) is 6.75. The van der Waals surface area contributed by atoms with E-state index < -0.39 is 32.8 Å². The molecule has 2 aromatic heterocycles. The molecule has 11 nitrogen and oxygen atoms in total. The molecule has 0 spiro atoms. The zero-order valence-corrected chi connectivity index (χ0v) is 13.2. The predicted molar refractivity (Wildman–Crippen MR) is 80.5 cm³/mol. The predicted octanol–water partition coefficient (Wildman–Crippen LogP) is -0.138. The normalized spacial score (nSPS) is 27.3. The summed E-state index contributed by atoms with van der Waals surface area (Å²) in [5, 5.41) is 20.3. The molecule has 4 N–H and O–H groups in total. The standard InChI is InChI=1S/C12H15N5O6P/c1-2-21-24(20)22-3-6-8(18)9(19)12(23-6)17-5-16-7-10(13)14-4-15-11(7)17/h2,4-6,8-9,12,18-19H,1,3H2,(H2,13,14,15)/q+1/t6-,8-,9-,12-/m1/s1. The maximum absolute atomic E-state index is 11.3. The van der Waals surface area contributed by atoms with Crippen molar-refractivity contribution in [1.29, 1.82) is 0 Å². The molecule has 0 aliphatic carbocycles. The smallest absolute Gasteiger partial charge is 0.387 e. The van der Waals surface area contributed by atoms with Crippen LogP contribution in [0.2, 0.25) is 0 Å². The molecule has 128 valence electrons. The molecule has 0 saturated carbocycles. The first-order valence-corrected chi connectivity index (χ1v) is 7.95. The minimum atomic E-state index is -2.42. The molecule has 3 rings (SSSR count). The highest BCUT2D eigenvalue weighted by Crippen LogP contribution is 2.34. The van der Waals surface area contributed by atoms with E-state index in [9.17, 15) is 14.8 Å². The molecule has 0 radical (unpaired) electrons. The summed E-state index contributed by atoms with van der Waals surface area (Å²) in [6, 6.07) is 0. The summed E-state index contributed by atoms with van der Waals surface area (Å²) in [5.41, 5.74) is 6.41. The van der Waals surface area contributed by atoms with Gasteiger partial charge in [0.2, 0.25) is 0 Å². The van der Waals surface area contributed by atoms with Crippen molar-refractivity contribution in [3.8, 4) is 0 Å². The lowest BCUT2D eigenvalue weighted by molar-refractivity contribution is -0.0477. The lowest BCUT2D eigenvalue weighted by Gasteiger charge is -2.16. The van der Waals surface area contributed by atoms with Crippen LogP contribution in [0.15, 0.2) is 25.5 Å². The summed E-state index contributed by atoms with van der Waals surface area (Å²) in [6.45, 7) is 3.00. The molecule has 0 amide bonds. The summed E-state index contributed by atoms with van der Waals surface area (Å²) in [4.78, 5) is 12.0. The van der Waals surface area contributed by atoms with E-state index in [0.717, 1.165) is 6.26 Å². The van der Waals surface area contributed by atoms with E-state index in [0.29, 0.717) is 11.2 Å². The van der Waals surface area contributed by atoms with Crippen molar-refractivity contribution < 1.29 is 28.6 Å². The van der Waals surface area contributed by atoms with E-state index in [1.54, 1.807) is 0 Å². The van der Waals surface area contributed by atoms with Crippen molar-refractivity contribution in [3.63, 3.8) is 0 Å². The van der Waals surface area contributed by atoms with Crippen LogP contribution in [-0.2, 0) is 18.3 Å². The number of hydrogen-bond donors (Lipinski definition) is 3. The fraction of sp³-hybridized carbons (Fsp3) is 0.417. The van der Waals surface area contributed by atoms with Gasteiger partial charge in [-0.15, -0.1) is 4.52 Å². The summed E-state index contributed by atoms with van der Waals surface area (Å²) < 4.78 is 27.8. The average molecular weight is 356 g/mol. The Kier molecular flexibility index (Phi) is 4.69. The van der Waals surface area contributed by atoms with E-state index >= 15 is 0 Å². The Balaban J connectivity index is 1.78. The lowest BCUT2D eigenvalue weighted by atomic mass is 10.1. The van der Waals surface area contributed by atoms with Crippen LogP contribution in [-0.4, -0.2) is 54.7 Å². The molecule has 0 aromatic carbocycles. The number of fused-ring (bicyclic) bond motifs is 1. The SMILES string of the molecule is C=CO[P+](=O)OC[C@H]1O[C@@H](n2cnc3c(N)ncnc32)[C@H](O)[C@@H]1O. The van der Waals surface area contributed by atoms with E-state index in [1.807, 2.05) is 0 Å². The summed E-state index contributed by atoms with van der Waals surface area (Å²) in [5.74, 6) is 0.185. The number of aromatic nitrogens is 4. The highest BCUT2D eigenvalue weighted by atomic mass is 31.1. The quantitative estimate of drug-likeness (QED) is 0.470. The molecule has 5 atom stereocenters. The van der Waals surface area contributed by atoms with Crippen LogP contribution in [0.5, 0.6) is 0 Å². The number of rotatable bonds is 6. The number of imidazole rings is 1. The third kappa shape index (κ3) is 2.95. The van der Waals surface area contributed by atoms with Gasteiger partial charge in [-0.05, 0) is 0 Å². The Hall–Kier alpha value is -2.17. The van der Waals surface area contributed by atoms with Gasteiger partial charge in [0.1, 0.15) is 43.0 Å². The molecule has 3 heterocycles. The van der Waals surface area contributed by atoms with Crippen molar-refractivity contribution in [2.75, 3.05) is 12.3 Å². The number of aliphatic hydroxyl groups is 2. The monoisotopic (exact) mass is 356 g/mol. The maximum Gasteiger partial charge on any atom is 0.749 e. The number of nitrogens with zero attached hydrogens (tertiary/aromatic N) is 4. The lowest BCUT2D eigenvalue weighted by Crippen LogP contribution is -2.33. The van der Waals surface area contributed by atoms with Gasteiger partial charge in [-0.25, -0.2) is 19.5 Å². The van der Waals surface area contributed by atoms with Gasteiger partial charge in [-0.3, -0.25) is 4.57 Å². The minimum Gasteiger partial charge on any atom is -0.387 e. The summed E-state index contributed by atoms with van der Waals surface area (Å²) >= 11 is 0. The third-order valence-electron chi connectivity index (χ3n) is 3.50. The van der Waals surface area contributed by atoms with E-state index in [1.165, 1.54) is 17.2 Å². The Morgan fingerprint density at radius 3 is 2.96 bits per heavy atom. The molecule has 2 aromatic rings. The molecular formula is C12H15N5O6P+. The Morgan fingerprint density at radius 1 is 1.42 bits per heavy atom. The molecule has 1 saturated heterocycles. The zero-order valence-electron chi connectivity index (χ0n) is 12.3. The second-order valence-corrected chi connectivity index (χ2v) is 5.84. The van der Waals surface area contributed by atoms with Crippen LogP contribution in [0.25, 0.3) is 11.2 Å². The van der Waals surface area contributed by atoms with E-state index in [4.69, 9.17) is 15.0 Å². The fourth-order valence-electron chi connectivity index (χ4n) is 2.38. The van der Waals surface area contributed by atoms with Gasteiger partial charge >= 0.3 is 8.25 Å². The first-order chi connectivity index (χ1) is 11.5. The number of ether oxygens (including phenoxy) is 1. The number of aliphatic hydroxyl groups excluding tert-OH is 2. The van der Waals surface area contributed by atoms with Crippen molar-refractivity contribution in [2.24, 2.45) is 0 Å². The third-order valence-corrected chi connectivity index (χ3v) is 4.18. The van der Waals surface area contributed by atoms with Crippen LogP contribution in [0.3, 0.4) is 0 Å². The fourth-order valence-corrected chi connectivity index (χ4v) is 2.83. The molecular weight excluding hydrogens is 341 g/mol. The highest BCUT2D eigenvalue weighted by Gasteiger charge is 2.45. The van der Waals surface area contributed by atoms with Gasteiger partial charge in [0.15, 0.2) is 17.7 Å². The summed E-state index contributed by atoms with van der Waals surface area (Å²) in [7, 11) is -2.42. The second-order valence-electron chi connectivity index (χ2n) is 4.92. The number of nitrogen functional groups attached to an aromatic ring is 1. The Labute approximate surface area is 136 Å². The van der Waals surface area contributed by atoms with E-state index in [-0.39, 0.29) is 12.4 Å². The van der Waals surface area contributed by atoms with Crippen molar-refractivity contribution >= 4 is 25.2 Å². The number of hydrogen-bond acceptors (Lipinski definition) is 10. The zero-order chi connectivity index (χ0) is 17.3. The maximum atomic E-state index is 11.3. The van der Waals surface area contributed by atoms with Gasteiger partial charge in [0.25, 0.3) is 0 Å². The number of nitrogens with two attached hydrogens (primary N) is 1. The van der Waals surface area contributed by atoms with Crippen LogP contribution in [0.4, 0.5) is 5.82 Å². The van der Waals surface area contributed by atoms with Crippen LogP contribution in [0, 0.1) is 0 Å². The first-order valence-electron chi connectivity index (χ1n) is 6.85. The molecule has 1 aliphatic rings. The molecule has 1 fully saturated rings. The minimum absolute atomic E-state index is 0.185. The van der Waals surface area contributed by atoms with Gasteiger partial charge < -0.3 is 20.7 Å². The van der Waals surface area contributed by atoms with Crippen molar-refractivity contribution in [3.05, 3.63) is 25.5 Å². The van der Waals surface area contributed by atoms with Gasteiger partial charge in [0.05, 0.1) is 6.33 Å². The van der Waals surface area contributed by atoms with Crippen molar-refractivity contribution in [1.82, 2.24) is 19.5 Å². The Morgan fingerprint density at radius 2 is 2.21 bits per heavy atom. The molecule has 12 heteroatoms. The molecule has 0 bridgehead atoms. The molecule has 1 unspecified atom stereocenters. The molecule has 1 aliphatic heterocycles. The van der Waals surface area contributed by atoms with Crippen LogP contribution in [0.1, 0.15) is 6.23 Å². The topological polar surface area (TPSA) is 155 Å². The Bertz CT molecular complexity index is 769. The highest BCUT2D eigenvalue weighted by molar-refractivity contribution is 7.33. The first kappa shape index (κ1) is 16.7. The van der Waals surface area contributed by atoms with E-state index in [2.05, 4.69) is 26.1 Å². The number of anilines is 1. The van der Waals surface area contributed by atoms with Gasteiger partial charge in [0, 0.05) is 4.57 Å².